The highest BCUT2D eigenvalue weighted by atomic mass is 16.6. The van der Waals surface area contributed by atoms with Gasteiger partial charge < -0.3 is 15.0 Å². The minimum Gasteiger partial charge on any atom is -0.447 e. The van der Waals surface area contributed by atoms with Gasteiger partial charge in [-0.2, -0.15) is 0 Å². The Kier molecular flexibility index (Phi) is 8.79. The van der Waals surface area contributed by atoms with Gasteiger partial charge in [-0.1, -0.05) is 12.8 Å². The van der Waals surface area contributed by atoms with Gasteiger partial charge in [0.25, 0.3) is 0 Å². The molecule has 22 heavy (non-hydrogen) atoms. The molecule has 0 bridgehead atoms. The Hall–Kier alpha value is -0.810. The molecule has 2 unspecified atom stereocenters. The second-order valence-corrected chi connectivity index (χ2v) is 6.82. The molecular weight excluding hydrogens is 278 g/mol. The summed E-state index contributed by atoms with van der Waals surface area (Å²) in [6.07, 6.45) is 4.88. The van der Waals surface area contributed by atoms with E-state index in [9.17, 15) is 4.79 Å². The first-order valence-corrected chi connectivity index (χ1v) is 8.81. The Morgan fingerprint density at radius 2 is 1.73 bits per heavy atom. The van der Waals surface area contributed by atoms with Crippen molar-refractivity contribution in [1.29, 1.82) is 0 Å². The van der Waals surface area contributed by atoms with Crippen molar-refractivity contribution in [3.05, 3.63) is 0 Å². The smallest absolute Gasteiger partial charge is 0.410 e. The number of nitrogens with zero attached hydrogens (tertiary/aromatic N) is 2. The fraction of sp³-hybridized carbons (Fsp3) is 0.941. The number of hydrogen-bond donors (Lipinski definition) is 1. The SMILES string of the molecule is CNCCCCCCN1CC(C)N(C(=O)OC(C)C)C(C)C1. The molecule has 1 amide bonds. The Bertz CT molecular complexity index is 311. The third-order valence-electron chi connectivity index (χ3n) is 4.19. The summed E-state index contributed by atoms with van der Waals surface area (Å²) >= 11 is 0. The van der Waals surface area contributed by atoms with E-state index in [1.54, 1.807) is 0 Å². The monoisotopic (exact) mass is 313 g/mol. The molecule has 2 atom stereocenters. The van der Waals surface area contributed by atoms with Crippen molar-refractivity contribution in [3.63, 3.8) is 0 Å². The molecule has 130 valence electrons. The van der Waals surface area contributed by atoms with Gasteiger partial charge in [0.05, 0.1) is 6.10 Å². The standard InChI is InChI=1S/C17H35N3O2/c1-14(2)22-17(21)20-15(3)12-19(13-16(20)4)11-9-7-6-8-10-18-5/h14-16,18H,6-13H2,1-5H3. The average Bonchev–Trinajstić information content (AvgIpc) is 2.41. The van der Waals surface area contributed by atoms with Gasteiger partial charge in [-0.3, -0.25) is 4.90 Å². The van der Waals surface area contributed by atoms with Crippen LogP contribution in [0.3, 0.4) is 0 Å². The summed E-state index contributed by atoms with van der Waals surface area (Å²) in [4.78, 5) is 16.6. The number of piperazine rings is 1. The Morgan fingerprint density at radius 3 is 2.27 bits per heavy atom. The van der Waals surface area contributed by atoms with E-state index in [0.717, 1.165) is 26.2 Å². The van der Waals surface area contributed by atoms with Crippen LogP contribution in [0, 0.1) is 0 Å². The van der Waals surface area contributed by atoms with E-state index in [1.165, 1.54) is 25.7 Å². The lowest BCUT2D eigenvalue weighted by atomic mass is 10.1. The van der Waals surface area contributed by atoms with Crippen LogP contribution < -0.4 is 5.32 Å². The van der Waals surface area contributed by atoms with Crippen LogP contribution in [0.2, 0.25) is 0 Å². The van der Waals surface area contributed by atoms with E-state index in [-0.39, 0.29) is 24.3 Å². The average molecular weight is 313 g/mol. The number of ether oxygens (including phenoxy) is 1. The minimum absolute atomic E-state index is 0.0532. The zero-order valence-corrected chi connectivity index (χ0v) is 15.1. The molecule has 5 nitrogen and oxygen atoms in total. The summed E-state index contributed by atoms with van der Waals surface area (Å²) in [7, 11) is 2.01. The predicted molar refractivity (Wildman–Crippen MR) is 91.2 cm³/mol. The zero-order chi connectivity index (χ0) is 16.5. The number of rotatable bonds is 8. The molecule has 5 heteroatoms. The quantitative estimate of drug-likeness (QED) is 0.700. The minimum atomic E-state index is -0.165. The molecule has 0 radical (unpaired) electrons. The first-order chi connectivity index (χ1) is 10.5. The molecular formula is C17H35N3O2. The second-order valence-electron chi connectivity index (χ2n) is 6.82. The zero-order valence-electron chi connectivity index (χ0n) is 15.1. The summed E-state index contributed by atoms with van der Waals surface area (Å²) < 4.78 is 5.36. The lowest BCUT2D eigenvalue weighted by Gasteiger charge is -2.44. The third-order valence-corrected chi connectivity index (χ3v) is 4.19. The van der Waals surface area contributed by atoms with E-state index in [0.29, 0.717) is 0 Å². The van der Waals surface area contributed by atoms with Crippen LogP contribution in [-0.4, -0.2) is 67.3 Å². The highest BCUT2D eigenvalue weighted by Crippen LogP contribution is 2.18. The third kappa shape index (κ3) is 6.53. The van der Waals surface area contributed by atoms with Crippen molar-refractivity contribution in [3.8, 4) is 0 Å². The van der Waals surface area contributed by atoms with Gasteiger partial charge in [-0.15, -0.1) is 0 Å². The highest BCUT2D eigenvalue weighted by Gasteiger charge is 2.33. The van der Waals surface area contributed by atoms with Gasteiger partial charge in [0.2, 0.25) is 0 Å². The molecule has 1 heterocycles. The van der Waals surface area contributed by atoms with Gasteiger partial charge in [0.1, 0.15) is 0 Å². The molecule has 1 fully saturated rings. The summed E-state index contributed by atoms with van der Waals surface area (Å²) in [5, 5.41) is 3.19. The number of nitrogens with one attached hydrogen (secondary N) is 1. The van der Waals surface area contributed by atoms with Crippen LogP contribution in [-0.2, 0) is 4.74 Å². The number of carbonyl (C=O) groups is 1. The van der Waals surface area contributed by atoms with Crippen LogP contribution in [0.4, 0.5) is 4.79 Å². The van der Waals surface area contributed by atoms with Gasteiger partial charge in [-0.25, -0.2) is 4.79 Å². The number of unbranched alkanes of at least 4 members (excludes halogenated alkanes) is 3. The van der Waals surface area contributed by atoms with E-state index < -0.39 is 0 Å². The second kappa shape index (κ2) is 10.1. The summed E-state index contributed by atoms with van der Waals surface area (Å²) in [6, 6.07) is 0.443. The lowest BCUT2D eigenvalue weighted by molar-refractivity contribution is 0.0123. The number of carbonyl (C=O) groups excluding carboxylic acids is 1. The van der Waals surface area contributed by atoms with Crippen molar-refractivity contribution in [2.45, 2.75) is 71.6 Å². The van der Waals surface area contributed by atoms with Crippen LogP contribution in [0.15, 0.2) is 0 Å². The molecule has 1 N–H and O–H groups in total. The lowest BCUT2D eigenvalue weighted by Crippen LogP contribution is -2.59. The molecule has 1 rings (SSSR count). The first-order valence-electron chi connectivity index (χ1n) is 8.81. The van der Waals surface area contributed by atoms with E-state index in [2.05, 4.69) is 24.1 Å². The molecule has 0 aromatic rings. The van der Waals surface area contributed by atoms with Crippen LogP contribution in [0.25, 0.3) is 0 Å². The highest BCUT2D eigenvalue weighted by molar-refractivity contribution is 5.68. The van der Waals surface area contributed by atoms with Crippen molar-refractivity contribution < 1.29 is 9.53 Å². The van der Waals surface area contributed by atoms with Crippen molar-refractivity contribution in [2.24, 2.45) is 0 Å². The summed E-state index contributed by atoms with van der Waals surface area (Å²) in [6.45, 7) is 12.2. The Balaban J connectivity index is 2.31. The fourth-order valence-electron chi connectivity index (χ4n) is 3.23. The summed E-state index contributed by atoms with van der Waals surface area (Å²) in [5.41, 5.74) is 0. The van der Waals surface area contributed by atoms with Gasteiger partial charge in [0.15, 0.2) is 0 Å². The topological polar surface area (TPSA) is 44.8 Å². The van der Waals surface area contributed by atoms with Crippen molar-refractivity contribution in [1.82, 2.24) is 15.1 Å². The van der Waals surface area contributed by atoms with Crippen molar-refractivity contribution >= 4 is 6.09 Å². The Morgan fingerprint density at radius 1 is 1.14 bits per heavy atom. The fourth-order valence-corrected chi connectivity index (χ4v) is 3.23. The maximum atomic E-state index is 12.2. The molecule has 0 spiro atoms. The number of hydrogen-bond acceptors (Lipinski definition) is 4. The molecule has 1 saturated heterocycles. The maximum absolute atomic E-state index is 12.2. The molecule has 0 saturated carbocycles. The predicted octanol–water partition coefficient (Wildman–Crippen LogP) is 2.71. The Labute approximate surface area is 136 Å². The van der Waals surface area contributed by atoms with E-state index in [4.69, 9.17) is 4.74 Å². The van der Waals surface area contributed by atoms with E-state index in [1.807, 2.05) is 25.8 Å². The normalized spacial score (nSPS) is 23.1. The molecule has 0 aromatic carbocycles. The van der Waals surface area contributed by atoms with Crippen LogP contribution >= 0.6 is 0 Å². The summed E-state index contributed by atoms with van der Waals surface area (Å²) in [5.74, 6) is 0. The molecule has 0 aromatic heterocycles. The molecule has 1 aliphatic rings. The van der Waals surface area contributed by atoms with Gasteiger partial charge in [-0.05, 0) is 60.7 Å². The van der Waals surface area contributed by atoms with Crippen molar-refractivity contribution in [2.75, 3.05) is 33.2 Å². The van der Waals surface area contributed by atoms with Crippen LogP contribution in [0.1, 0.15) is 53.4 Å². The number of amides is 1. The van der Waals surface area contributed by atoms with Crippen LogP contribution in [0.5, 0.6) is 0 Å². The molecule has 0 aliphatic carbocycles. The van der Waals surface area contributed by atoms with Gasteiger partial charge >= 0.3 is 6.09 Å². The van der Waals surface area contributed by atoms with Gasteiger partial charge in [0, 0.05) is 25.2 Å². The first kappa shape index (κ1) is 19.2. The largest absolute Gasteiger partial charge is 0.447 e. The maximum Gasteiger partial charge on any atom is 0.410 e. The van der Waals surface area contributed by atoms with E-state index >= 15 is 0 Å². The molecule has 1 aliphatic heterocycles.